The van der Waals surface area contributed by atoms with Crippen LogP contribution < -0.4 is 14.8 Å². The Morgan fingerprint density at radius 3 is 2.59 bits per heavy atom. The molecule has 0 bridgehead atoms. The minimum atomic E-state index is -0.179. The summed E-state index contributed by atoms with van der Waals surface area (Å²) in [4.78, 5) is 16.2. The van der Waals surface area contributed by atoms with E-state index < -0.39 is 0 Å². The molecular formula is C22H20N2O3. The molecule has 27 heavy (non-hydrogen) atoms. The lowest BCUT2D eigenvalue weighted by Crippen LogP contribution is -2.20. The summed E-state index contributed by atoms with van der Waals surface area (Å²) in [5.41, 5.74) is 3.54. The number of rotatable bonds is 6. The average molecular weight is 360 g/mol. The summed E-state index contributed by atoms with van der Waals surface area (Å²) in [6, 6.07) is 18.7. The predicted octanol–water partition coefficient (Wildman–Crippen LogP) is 4.38. The maximum atomic E-state index is 12.1. The number of fused-ring (bicyclic) bond motifs is 1. The van der Waals surface area contributed by atoms with Crippen molar-refractivity contribution in [3.05, 3.63) is 78.0 Å². The molecule has 1 amide bonds. The summed E-state index contributed by atoms with van der Waals surface area (Å²) in [5.74, 6) is 1.61. The third-order valence-electron chi connectivity index (χ3n) is 4.44. The van der Waals surface area contributed by atoms with Gasteiger partial charge in [-0.3, -0.25) is 4.79 Å². The summed E-state index contributed by atoms with van der Waals surface area (Å²) >= 11 is 0. The number of aryl methyl sites for hydroxylation is 2. The Morgan fingerprint density at radius 1 is 0.963 bits per heavy atom. The van der Waals surface area contributed by atoms with Crippen molar-refractivity contribution in [2.75, 3.05) is 11.9 Å². The highest BCUT2D eigenvalue weighted by Crippen LogP contribution is 2.25. The Morgan fingerprint density at radius 2 is 1.78 bits per heavy atom. The first-order valence-electron chi connectivity index (χ1n) is 9.00. The van der Waals surface area contributed by atoms with E-state index in [4.69, 9.17) is 9.47 Å². The molecular weight excluding hydrogens is 340 g/mol. The Bertz CT molecular complexity index is 924. The van der Waals surface area contributed by atoms with E-state index >= 15 is 0 Å². The molecule has 0 spiro atoms. The van der Waals surface area contributed by atoms with Crippen LogP contribution in [0.3, 0.4) is 0 Å². The van der Waals surface area contributed by atoms with Crippen molar-refractivity contribution >= 4 is 11.6 Å². The van der Waals surface area contributed by atoms with Gasteiger partial charge in [-0.05, 0) is 72.9 Å². The largest absolute Gasteiger partial charge is 0.484 e. The van der Waals surface area contributed by atoms with Gasteiger partial charge in [-0.25, -0.2) is 4.98 Å². The number of benzene rings is 2. The van der Waals surface area contributed by atoms with Crippen molar-refractivity contribution in [2.45, 2.75) is 19.3 Å². The number of carbonyl (C=O) groups excluding carboxylic acids is 1. The summed E-state index contributed by atoms with van der Waals surface area (Å²) in [5, 5.41) is 2.89. The zero-order valence-corrected chi connectivity index (χ0v) is 14.9. The number of amides is 1. The Labute approximate surface area is 158 Å². The molecule has 3 aromatic rings. The predicted molar refractivity (Wildman–Crippen MR) is 103 cm³/mol. The van der Waals surface area contributed by atoms with E-state index in [0.29, 0.717) is 17.4 Å². The van der Waals surface area contributed by atoms with Gasteiger partial charge in [-0.15, -0.1) is 0 Å². The number of ether oxygens (including phenoxy) is 2. The van der Waals surface area contributed by atoms with Crippen molar-refractivity contribution in [3.8, 4) is 17.4 Å². The highest BCUT2D eigenvalue weighted by Gasteiger charge is 2.12. The van der Waals surface area contributed by atoms with E-state index in [2.05, 4.69) is 22.4 Å². The third-order valence-corrected chi connectivity index (χ3v) is 4.44. The lowest BCUT2D eigenvalue weighted by atomic mass is 10.1. The fourth-order valence-electron chi connectivity index (χ4n) is 3.13. The number of hydrogen-bond acceptors (Lipinski definition) is 4. The first-order chi connectivity index (χ1) is 13.3. The van der Waals surface area contributed by atoms with Gasteiger partial charge in [0, 0.05) is 18.0 Å². The van der Waals surface area contributed by atoms with Gasteiger partial charge in [0.1, 0.15) is 11.5 Å². The molecule has 5 heteroatoms. The van der Waals surface area contributed by atoms with E-state index in [1.54, 1.807) is 36.5 Å². The smallest absolute Gasteiger partial charge is 0.262 e. The number of aromatic nitrogens is 1. The van der Waals surface area contributed by atoms with Crippen LogP contribution in [0, 0.1) is 0 Å². The van der Waals surface area contributed by atoms with Gasteiger partial charge < -0.3 is 14.8 Å². The molecule has 0 radical (unpaired) electrons. The lowest BCUT2D eigenvalue weighted by Gasteiger charge is -2.10. The maximum absolute atomic E-state index is 12.1. The number of pyridine rings is 1. The highest BCUT2D eigenvalue weighted by atomic mass is 16.5. The van der Waals surface area contributed by atoms with Crippen molar-refractivity contribution in [3.63, 3.8) is 0 Å². The molecule has 1 N–H and O–H groups in total. The molecule has 5 nitrogen and oxygen atoms in total. The van der Waals surface area contributed by atoms with Gasteiger partial charge in [0.25, 0.3) is 5.91 Å². The minimum absolute atomic E-state index is 0.0441. The standard InChI is InChI=1S/C22H20N2O3/c25-21(24-18-8-7-16-4-3-5-17(16)14-18)15-26-19-9-11-20(12-10-19)27-22-6-1-2-13-23-22/h1-2,6-14H,3-5,15H2,(H,24,25). The molecule has 0 unspecified atom stereocenters. The lowest BCUT2D eigenvalue weighted by molar-refractivity contribution is -0.118. The van der Waals surface area contributed by atoms with Gasteiger partial charge in [-0.2, -0.15) is 0 Å². The summed E-state index contributed by atoms with van der Waals surface area (Å²) in [7, 11) is 0. The fourth-order valence-corrected chi connectivity index (χ4v) is 3.13. The first kappa shape index (κ1) is 17.1. The number of carbonyl (C=O) groups is 1. The van der Waals surface area contributed by atoms with Crippen molar-refractivity contribution < 1.29 is 14.3 Å². The van der Waals surface area contributed by atoms with Crippen LogP contribution in [0.1, 0.15) is 17.5 Å². The molecule has 0 saturated carbocycles. The van der Waals surface area contributed by atoms with Gasteiger partial charge >= 0.3 is 0 Å². The van der Waals surface area contributed by atoms with Gasteiger partial charge in [-0.1, -0.05) is 12.1 Å². The van der Waals surface area contributed by atoms with Crippen LogP contribution in [-0.2, 0) is 17.6 Å². The Hall–Kier alpha value is -3.34. The monoisotopic (exact) mass is 360 g/mol. The topological polar surface area (TPSA) is 60.5 Å². The summed E-state index contributed by atoms with van der Waals surface area (Å²) in [6.07, 6.45) is 5.08. The average Bonchev–Trinajstić information content (AvgIpc) is 3.16. The van der Waals surface area contributed by atoms with E-state index in [0.717, 1.165) is 18.5 Å². The van der Waals surface area contributed by atoms with Crippen molar-refractivity contribution in [1.29, 1.82) is 0 Å². The third kappa shape index (κ3) is 4.44. The molecule has 0 aliphatic heterocycles. The van der Waals surface area contributed by atoms with Crippen LogP contribution in [-0.4, -0.2) is 17.5 Å². The Balaban J connectivity index is 1.28. The van der Waals surface area contributed by atoms with E-state index in [-0.39, 0.29) is 12.5 Å². The Kier molecular flexibility index (Phi) is 5.01. The molecule has 1 heterocycles. The summed E-state index contributed by atoms with van der Waals surface area (Å²) < 4.78 is 11.2. The number of nitrogens with one attached hydrogen (secondary N) is 1. The zero-order valence-electron chi connectivity index (χ0n) is 14.9. The normalized spacial score (nSPS) is 12.3. The fraction of sp³-hybridized carbons (Fsp3) is 0.182. The van der Waals surface area contributed by atoms with E-state index in [1.165, 1.54) is 17.5 Å². The van der Waals surface area contributed by atoms with Crippen LogP contribution in [0.25, 0.3) is 0 Å². The number of hydrogen-bond donors (Lipinski definition) is 1. The molecule has 1 aliphatic carbocycles. The first-order valence-corrected chi connectivity index (χ1v) is 9.00. The second-order valence-corrected chi connectivity index (χ2v) is 6.42. The van der Waals surface area contributed by atoms with E-state index in [9.17, 15) is 4.79 Å². The molecule has 4 rings (SSSR count). The summed E-state index contributed by atoms with van der Waals surface area (Å²) in [6.45, 7) is -0.0441. The second kappa shape index (κ2) is 7.91. The molecule has 0 saturated heterocycles. The van der Waals surface area contributed by atoms with Crippen LogP contribution in [0.15, 0.2) is 66.9 Å². The molecule has 1 aromatic heterocycles. The molecule has 136 valence electrons. The minimum Gasteiger partial charge on any atom is -0.484 e. The van der Waals surface area contributed by atoms with Crippen molar-refractivity contribution in [2.24, 2.45) is 0 Å². The maximum Gasteiger partial charge on any atom is 0.262 e. The molecule has 2 aromatic carbocycles. The second-order valence-electron chi connectivity index (χ2n) is 6.42. The number of anilines is 1. The van der Waals surface area contributed by atoms with Gasteiger partial charge in [0.15, 0.2) is 6.61 Å². The zero-order chi connectivity index (χ0) is 18.5. The van der Waals surface area contributed by atoms with E-state index in [1.807, 2.05) is 18.2 Å². The van der Waals surface area contributed by atoms with Crippen LogP contribution in [0.2, 0.25) is 0 Å². The van der Waals surface area contributed by atoms with Crippen LogP contribution >= 0.6 is 0 Å². The van der Waals surface area contributed by atoms with Gasteiger partial charge in [0.05, 0.1) is 0 Å². The highest BCUT2D eigenvalue weighted by molar-refractivity contribution is 5.92. The quantitative estimate of drug-likeness (QED) is 0.709. The molecule has 0 atom stereocenters. The van der Waals surface area contributed by atoms with Crippen molar-refractivity contribution in [1.82, 2.24) is 4.98 Å². The van der Waals surface area contributed by atoms with Crippen LogP contribution in [0.5, 0.6) is 17.4 Å². The number of nitrogens with zero attached hydrogens (tertiary/aromatic N) is 1. The molecule has 1 aliphatic rings. The van der Waals surface area contributed by atoms with Crippen LogP contribution in [0.4, 0.5) is 5.69 Å². The SMILES string of the molecule is O=C(COc1ccc(Oc2ccccn2)cc1)Nc1ccc2c(c1)CCC2. The molecule has 0 fully saturated rings. The van der Waals surface area contributed by atoms with Gasteiger partial charge in [0.2, 0.25) is 5.88 Å².